The van der Waals surface area contributed by atoms with Gasteiger partial charge in [-0.3, -0.25) is 24.0 Å². The highest BCUT2D eigenvalue weighted by Gasteiger charge is 2.40. The first kappa shape index (κ1) is 32.2. The fourth-order valence-electron chi connectivity index (χ4n) is 5.19. The number of nitrogens with zero attached hydrogens (tertiary/aromatic N) is 2. The molecule has 2 heterocycles. The van der Waals surface area contributed by atoms with Crippen LogP contribution >= 0.6 is 0 Å². The van der Waals surface area contributed by atoms with Gasteiger partial charge in [0.05, 0.1) is 13.2 Å². The number of anilines is 1. The lowest BCUT2D eigenvalue weighted by molar-refractivity contribution is -0.140. The van der Waals surface area contributed by atoms with E-state index in [1.807, 2.05) is 13.8 Å². The number of benzene rings is 2. The van der Waals surface area contributed by atoms with E-state index in [1.54, 1.807) is 56.3 Å². The smallest absolute Gasteiger partial charge is 0.266 e. The number of methoxy groups -OCH3 is 1. The molecule has 0 spiro atoms. The molecule has 1 aromatic heterocycles. The van der Waals surface area contributed by atoms with E-state index >= 15 is 0 Å². The zero-order chi connectivity index (χ0) is 32.1. The van der Waals surface area contributed by atoms with Gasteiger partial charge < -0.3 is 30.0 Å². The summed E-state index contributed by atoms with van der Waals surface area (Å²) in [6.07, 6.45) is 1.02. The highest BCUT2D eigenvalue weighted by atomic mass is 16.5. The maximum Gasteiger partial charge on any atom is 0.266 e. The summed E-state index contributed by atoms with van der Waals surface area (Å²) in [5.74, 6) is -2.10. The molecule has 234 valence electrons. The molecule has 3 N–H and O–H groups in total. The Hall–Kier alpha value is -4.74. The Labute approximate surface area is 255 Å². The van der Waals surface area contributed by atoms with Crippen LogP contribution in [-0.2, 0) is 14.4 Å². The Balaban J connectivity index is 1.48. The van der Waals surface area contributed by atoms with Crippen LogP contribution in [-0.4, -0.2) is 71.1 Å². The number of nitrogens with one attached hydrogen (secondary N) is 3. The van der Waals surface area contributed by atoms with Crippen LogP contribution in [0.5, 0.6) is 5.75 Å². The van der Waals surface area contributed by atoms with Gasteiger partial charge in [-0.2, -0.15) is 0 Å². The van der Waals surface area contributed by atoms with E-state index in [-0.39, 0.29) is 29.5 Å². The molecule has 1 aliphatic rings. The minimum Gasteiger partial charge on any atom is -0.497 e. The van der Waals surface area contributed by atoms with E-state index in [1.165, 1.54) is 18.9 Å². The van der Waals surface area contributed by atoms with Gasteiger partial charge in [-0.05, 0) is 67.1 Å². The monoisotopic (exact) mass is 605 g/mol. The van der Waals surface area contributed by atoms with Crippen molar-refractivity contribution in [1.82, 2.24) is 20.5 Å². The molecule has 44 heavy (non-hydrogen) atoms. The van der Waals surface area contributed by atoms with Crippen LogP contribution in [0.2, 0.25) is 0 Å². The van der Waals surface area contributed by atoms with Crippen molar-refractivity contribution >= 4 is 46.2 Å². The highest BCUT2D eigenvalue weighted by Crippen LogP contribution is 2.24. The van der Waals surface area contributed by atoms with Crippen molar-refractivity contribution < 1.29 is 33.1 Å². The van der Waals surface area contributed by atoms with Gasteiger partial charge in [0.2, 0.25) is 23.5 Å². The number of oxazole rings is 1. The summed E-state index contributed by atoms with van der Waals surface area (Å²) in [5, 5.41) is 8.32. The van der Waals surface area contributed by atoms with Gasteiger partial charge in [0, 0.05) is 24.7 Å². The van der Waals surface area contributed by atoms with Gasteiger partial charge >= 0.3 is 0 Å². The lowest BCUT2D eigenvalue weighted by atomic mass is 9.98. The first-order valence-electron chi connectivity index (χ1n) is 14.7. The van der Waals surface area contributed by atoms with Crippen molar-refractivity contribution in [2.24, 2.45) is 11.8 Å². The van der Waals surface area contributed by atoms with Crippen LogP contribution in [0.4, 0.5) is 5.69 Å². The lowest BCUT2D eigenvalue weighted by Crippen LogP contribution is -2.57. The third-order valence-corrected chi connectivity index (χ3v) is 7.58. The second-order valence-corrected chi connectivity index (χ2v) is 11.6. The SMILES string of the molecule is COc1ccc(C(=O)N[C@H](C(=O)N2CCC[C@H]2C(=O)N[C@H](C(=O)c2nc3cc(NC(C)=O)ccc3o2)C(C)C)C(C)C)cc1. The molecule has 1 aliphatic heterocycles. The molecule has 4 rings (SSSR count). The van der Waals surface area contributed by atoms with Gasteiger partial charge in [-0.15, -0.1) is 0 Å². The van der Waals surface area contributed by atoms with Crippen molar-refractivity contribution in [2.75, 3.05) is 19.0 Å². The molecule has 4 amide bonds. The Bertz CT molecular complexity index is 1550. The van der Waals surface area contributed by atoms with Crippen molar-refractivity contribution in [2.45, 2.75) is 65.6 Å². The third-order valence-electron chi connectivity index (χ3n) is 7.58. The summed E-state index contributed by atoms with van der Waals surface area (Å²) in [6, 6.07) is 8.78. The van der Waals surface area contributed by atoms with Crippen molar-refractivity contribution in [3.63, 3.8) is 0 Å². The number of ketones is 1. The molecule has 2 aromatic carbocycles. The number of hydrogen-bond acceptors (Lipinski definition) is 8. The molecule has 12 nitrogen and oxygen atoms in total. The average Bonchev–Trinajstić information content (AvgIpc) is 3.65. The number of likely N-dealkylation sites (tertiary alicyclic amines) is 1. The number of carbonyl (C=O) groups excluding carboxylic acids is 5. The minimum absolute atomic E-state index is 0.167. The summed E-state index contributed by atoms with van der Waals surface area (Å²) < 4.78 is 10.8. The zero-order valence-corrected chi connectivity index (χ0v) is 25.8. The largest absolute Gasteiger partial charge is 0.497 e. The average molecular weight is 606 g/mol. The molecule has 1 fully saturated rings. The van der Waals surface area contributed by atoms with Crippen LogP contribution < -0.4 is 20.7 Å². The standard InChI is InChI=1S/C32H39N5O7/c1-17(2)26(28(39)31-34-23-16-21(33-19(5)38)11-14-25(23)44-31)35-30(41)24-8-7-15-37(24)32(42)27(18(3)4)36-29(40)20-9-12-22(43-6)13-10-20/h9-14,16-18,24,26-27H,7-8,15H2,1-6H3,(H,33,38)(H,35,41)(H,36,40)/t24-,26-,27-/m0/s1. The quantitative estimate of drug-likeness (QED) is 0.280. The Kier molecular flexibility index (Phi) is 10.0. The predicted octanol–water partition coefficient (Wildman–Crippen LogP) is 3.56. The molecule has 1 saturated heterocycles. The number of rotatable bonds is 11. The van der Waals surface area contributed by atoms with E-state index in [4.69, 9.17) is 9.15 Å². The second kappa shape index (κ2) is 13.7. The van der Waals surface area contributed by atoms with Crippen LogP contribution in [0.15, 0.2) is 46.9 Å². The van der Waals surface area contributed by atoms with Gasteiger partial charge in [0.25, 0.3) is 11.8 Å². The Morgan fingerprint density at radius 2 is 1.64 bits per heavy atom. The maximum absolute atomic E-state index is 13.7. The van der Waals surface area contributed by atoms with Gasteiger partial charge in [-0.1, -0.05) is 27.7 Å². The summed E-state index contributed by atoms with van der Waals surface area (Å²) >= 11 is 0. The lowest BCUT2D eigenvalue weighted by Gasteiger charge is -2.31. The number of fused-ring (bicyclic) bond motifs is 1. The normalized spacial score (nSPS) is 16.1. The fraction of sp³-hybridized carbons (Fsp3) is 0.438. The van der Waals surface area contributed by atoms with Crippen molar-refractivity contribution in [3.8, 4) is 5.75 Å². The summed E-state index contributed by atoms with van der Waals surface area (Å²) in [5.41, 5.74) is 1.64. The molecule has 3 aromatic rings. The van der Waals surface area contributed by atoms with E-state index in [0.717, 1.165) is 0 Å². The number of aromatic nitrogens is 1. The number of hydrogen-bond donors (Lipinski definition) is 3. The van der Waals surface area contributed by atoms with E-state index < -0.39 is 35.7 Å². The van der Waals surface area contributed by atoms with Crippen LogP contribution in [0.1, 0.15) is 68.5 Å². The topological polar surface area (TPSA) is 160 Å². The van der Waals surface area contributed by atoms with Gasteiger partial charge in [-0.25, -0.2) is 4.98 Å². The summed E-state index contributed by atoms with van der Waals surface area (Å²) in [6.45, 7) is 8.98. The molecular formula is C32H39N5O7. The van der Waals surface area contributed by atoms with E-state index in [2.05, 4.69) is 20.9 Å². The number of carbonyl (C=O) groups is 5. The van der Waals surface area contributed by atoms with Crippen LogP contribution in [0.25, 0.3) is 11.1 Å². The zero-order valence-electron chi connectivity index (χ0n) is 25.8. The molecule has 0 aliphatic carbocycles. The first-order valence-corrected chi connectivity index (χ1v) is 14.7. The van der Waals surface area contributed by atoms with Gasteiger partial charge in [0.1, 0.15) is 23.3 Å². The fourth-order valence-corrected chi connectivity index (χ4v) is 5.19. The Morgan fingerprint density at radius 3 is 2.25 bits per heavy atom. The Morgan fingerprint density at radius 1 is 0.955 bits per heavy atom. The number of Topliss-reactive ketones (excluding diaryl/α,β-unsaturated/α-hetero) is 1. The van der Waals surface area contributed by atoms with E-state index in [0.29, 0.717) is 47.5 Å². The van der Waals surface area contributed by atoms with Crippen LogP contribution in [0.3, 0.4) is 0 Å². The number of ether oxygens (including phenoxy) is 1. The van der Waals surface area contributed by atoms with E-state index in [9.17, 15) is 24.0 Å². The molecule has 0 unspecified atom stereocenters. The molecule has 0 bridgehead atoms. The molecule has 0 saturated carbocycles. The third kappa shape index (κ3) is 7.24. The molecule has 0 radical (unpaired) electrons. The minimum atomic E-state index is -0.960. The second-order valence-electron chi connectivity index (χ2n) is 11.6. The number of amides is 4. The van der Waals surface area contributed by atoms with Gasteiger partial charge in [0.15, 0.2) is 5.58 Å². The maximum atomic E-state index is 13.7. The first-order chi connectivity index (χ1) is 20.9. The molecular weight excluding hydrogens is 566 g/mol. The van der Waals surface area contributed by atoms with Crippen molar-refractivity contribution in [3.05, 3.63) is 53.9 Å². The molecule has 3 atom stereocenters. The predicted molar refractivity (Wildman–Crippen MR) is 163 cm³/mol. The highest BCUT2D eigenvalue weighted by molar-refractivity contribution is 6.02. The summed E-state index contributed by atoms with van der Waals surface area (Å²) in [4.78, 5) is 71.0. The van der Waals surface area contributed by atoms with Crippen molar-refractivity contribution in [1.29, 1.82) is 0 Å². The molecule has 12 heteroatoms. The van der Waals surface area contributed by atoms with Crippen LogP contribution in [0, 0.1) is 11.8 Å². The summed E-state index contributed by atoms with van der Waals surface area (Å²) in [7, 11) is 1.53.